The van der Waals surface area contributed by atoms with Gasteiger partial charge in [-0.25, -0.2) is 0 Å². The van der Waals surface area contributed by atoms with Gasteiger partial charge in [0, 0.05) is 23.9 Å². The van der Waals surface area contributed by atoms with Crippen molar-refractivity contribution in [1.29, 1.82) is 0 Å². The van der Waals surface area contributed by atoms with Crippen molar-refractivity contribution < 1.29 is 25.2 Å². The second kappa shape index (κ2) is 7.50. The quantitative estimate of drug-likeness (QED) is 0.163. The second-order valence-electron chi connectivity index (χ2n) is 6.96. The van der Waals surface area contributed by atoms with E-state index < -0.39 is 0 Å². The van der Waals surface area contributed by atoms with Crippen LogP contribution < -0.4 is 4.74 Å². The fourth-order valence-electron chi connectivity index (χ4n) is 3.76. The molecule has 2 heterocycles. The first kappa shape index (κ1) is 18.7. The molecule has 4 aromatic carbocycles. The van der Waals surface area contributed by atoms with Gasteiger partial charge in [-0.15, -0.1) is 45.8 Å². The van der Waals surface area contributed by atoms with Gasteiger partial charge in [-0.1, -0.05) is 48.5 Å². The Balaban J connectivity index is 0.00000193. The third-order valence-corrected chi connectivity index (χ3v) is 5.16. The van der Waals surface area contributed by atoms with Crippen molar-refractivity contribution in [3.63, 3.8) is 0 Å². The number of hydrogen-bond donors (Lipinski definition) is 0. The summed E-state index contributed by atoms with van der Waals surface area (Å²) in [4.78, 5) is 9.06. The van der Waals surface area contributed by atoms with Gasteiger partial charge in [0.1, 0.15) is 0 Å². The number of rotatable bonds is 2. The van der Waals surface area contributed by atoms with Crippen LogP contribution in [0.25, 0.3) is 43.4 Å². The zero-order chi connectivity index (χ0) is 19.2. The molecule has 0 unspecified atom stereocenters. The molecule has 6 aromatic rings. The summed E-state index contributed by atoms with van der Waals surface area (Å²) < 4.78 is 6.13. The molecule has 0 aliphatic rings. The van der Waals surface area contributed by atoms with E-state index in [-0.39, 0.29) is 20.4 Å². The number of nitrogens with zero attached hydrogens (tertiary/aromatic N) is 2. The average molecular weight is 477 g/mol. The Kier molecular flexibility index (Phi) is 4.67. The van der Waals surface area contributed by atoms with Crippen molar-refractivity contribution in [3.8, 4) is 11.5 Å². The Morgan fingerprint density at radius 1 is 0.533 bits per heavy atom. The van der Waals surface area contributed by atoms with Crippen LogP contribution in [0.4, 0.5) is 0 Å². The summed E-state index contributed by atoms with van der Waals surface area (Å²) in [5.74, 6) is 1.28. The Morgan fingerprint density at radius 2 is 0.967 bits per heavy atom. The Labute approximate surface area is 187 Å². The first-order valence-electron chi connectivity index (χ1n) is 9.43. The summed E-state index contributed by atoms with van der Waals surface area (Å²) in [6.45, 7) is 0. The first-order valence-corrected chi connectivity index (χ1v) is 9.43. The van der Waals surface area contributed by atoms with Crippen molar-refractivity contribution in [2.75, 3.05) is 0 Å². The van der Waals surface area contributed by atoms with E-state index in [0.29, 0.717) is 11.5 Å². The van der Waals surface area contributed by atoms with Crippen molar-refractivity contribution in [2.45, 2.75) is 0 Å². The van der Waals surface area contributed by atoms with Crippen LogP contribution in [0.15, 0.2) is 85.2 Å². The summed E-state index contributed by atoms with van der Waals surface area (Å²) in [5.41, 5.74) is 1.85. The minimum atomic E-state index is 0. The van der Waals surface area contributed by atoms with Crippen LogP contribution >= 0.6 is 0 Å². The van der Waals surface area contributed by atoms with E-state index in [1.807, 2.05) is 36.4 Å². The fraction of sp³-hybridized carbons (Fsp3) is 0. The molecule has 3 nitrogen and oxygen atoms in total. The van der Waals surface area contributed by atoms with E-state index in [9.17, 15) is 0 Å². The summed E-state index contributed by atoms with van der Waals surface area (Å²) in [5, 5.41) is 6.25. The number of aromatic nitrogens is 2. The van der Waals surface area contributed by atoms with Crippen LogP contribution in [-0.4, -0.2) is 9.97 Å². The summed E-state index contributed by atoms with van der Waals surface area (Å²) >= 11 is 0. The van der Waals surface area contributed by atoms with E-state index in [4.69, 9.17) is 4.74 Å². The molecule has 30 heavy (non-hydrogen) atoms. The number of hydrogen-bond acceptors (Lipinski definition) is 3. The topological polar surface area (TPSA) is 35.0 Å². The fourth-order valence-corrected chi connectivity index (χ4v) is 3.76. The third kappa shape index (κ3) is 3.11. The maximum atomic E-state index is 6.13. The number of benzene rings is 4. The molecular formula is C26H14N2OPd. The van der Waals surface area contributed by atoms with E-state index >= 15 is 0 Å². The molecular weight excluding hydrogens is 463 g/mol. The molecule has 6 rings (SSSR count). The molecule has 0 spiro atoms. The minimum absolute atomic E-state index is 0. The minimum Gasteiger partial charge on any atom is -0.497 e. The molecule has 4 heteroatoms. The molecule has 0 fully saturated rings. The van der Waals surface area contributed by atoms with E-state index in [1.165, 1.54) is 0 Å². The monoisotopic (exact) mass is 476 g/mol. The van der Waals surface area contributed by atoms with E-state index in [2.05, 4.69) is 58.5 Å². The van der Waals surface area contributed by atoms with Crippen molar-refractivity contribution >= 4 is 43.4 Å². The standard InChI is InChI=1S/C26H14N2O.Pd/c1-3-19-7-5-17-9-11-21(15-23(17)25(19)27-13-1)29-22-12-10-18-6-8-20-4-2-14-28-26(20)24(18)16-22;/h1-14H;/q-2;+2. The third-order valence-electron chi connectivity index (χ3n) is 5.16. The maximum Gasteiger partial charge on any atom is 2.00 e. The van der Waals surface area contributed by atoms with Gasteiger partial charge in [0.15, 0.2) is 0 Å². The molecule has 0 atom stereocenters. The maximum absolute atomic E-state index is 6.13. The zero-order valence-corrected chi connectivity index (χ0v) is 17.3. The van der Waals surface area contributed by atoms with Crippen molar-refractivity contribution in [3.05, 3.63) is 97.3 Å². The van der Waals surface area contributed by atoms with Gasteiger partial charge in [0.25, 0.3) is 0 Å². The van der Waals surface area contributed by atoms with Crippen LogP contribution in [0.1, 0.15) is 0 Å². The van der Waals surface area contributed by atoms with Gasteiger partial charge in [0.2, 0.25) is 0 Å². The molecule has 0 radical (unpaired) electrons. The number of pyridine rings is 2. The summed E-state index contributed by atoms with van der Waals surface area (Å²) in [7, 11) is 0. The molecule has 0 aliphatic carbocycles. The average Bonchev–Trinajstić information content (AvgIpc) is 2.79. The first-order chi connectivity index (χ1) is 14.3. The van der Waals surface area contributed by atoms with Gasteiger partial charge in [-0.05, 0) is 33.9 Å². The Bertz CT molecular complexity index is 1430. The largest absolute Gasteiger partial charge is 2.00 e. The van der Waals surface area contributed by atoms with Crippen LogP contribution in [0.2, 0.25) is 0 Å². The normalized spacial score (nSPS) is 11.1. The van der Waals surface area contributed by atoms with E-state index in [0.717, 1.165) is 43.4 Å². The molecule has 0 bridgehead atoms. The van der Waals surface area contributed by atoms with Crippen LogP contribution in [-0.2, 0) is 20.4 Å². The summed E-state index contributed by atoms with van der Waals surface area (Å²) in [6, 6.07) is 31.0. The molecule has 0 N–H and O–H groups in total. The summed E-state index contributed by atoms with van der Waals surface area (Å²) in [6.07, 6.45) is 3.61. The van der Waals surface area contributed by atoms with Gasteiger partial charge < -0.3 is 14.7 Å². The van der Waals surface area contributed by atoms with Crippen molar-refractivity contribution in [2.24, 2.45) is 0 Å². The molecule has 2 aromatic heterocycles. The van der Waals surface area contributed by atoms with Gasteiger partial charge >= 0.3 is 20.4 Å². The van der Waals surface area contributed by atoms with Gasteiger partial charge in [-0.3, -0.25) is 0 Å². The van der Waals surface area contributed by atoms with Crippen molar-refractivity contribution in [1.82, 2.24) is 9.97 Å². The smallest absolute Gasteiger partial charge is 0.497 e. The molecule has 0 saturated carbocycles. The SMILES string of the molecule is [Pd+2].[c-]1c(Oc2[c-]c3c(cc2)ccc2cccnc23)ccc2ccc3cccnc3c12. The Morgan fingerprint density at radius 3 is 1.47 bits per heavy atom. The molecule has 144 valence electrons. The zero-order valence-electron chi connectivity index (χ0n) is 15.7. The van der Waals surface area contributed by atoms with E-state index in [1.54, 1.807) is 12.4 Å². The van der Waals surface area contributed by atoms with Crippen LogP contribution in [0.5, 0.6) is 11.5 Å². The Hall–Kier alpha value is -3.32. The predicted octanol–water partition coefficient (Wildman–Crippen LogP) is 6.48. The van der Waals surface area contributed by atoms with Crippen LogP contribution in [0.3, 0.4) is 0 Å². The second-order valence-corrected chi connectivity index (χ2v) is 6.96. The van der Waals surface area contributed by atoms with Gasteiger partial charge in [0.05, 0.1) is 0 Å². The number of ether oxygens (including phenoxy) is 1. The molecule has 0 amide bonds. The number of fused-ring (bicyclic) bond motifs is 6. The predicted molar refractivity (Wildman–Crippen MR) is 116 cm³/mol. The van der Waals surface area contributed by atoms with Crippen LogP contribution in [0, 0.1) is 12.1 Å². The molecule has 0 saturated heterocycles. The molecule has 0 aliphatic heterocycles. The van der Waals surface area contributed by atoms with Gasteiger partial charge in [-0.2, -0.15) is 0 Å².